The summed E-state index contributed by atoms with van der Waals surface area (Å²) in [5.74, 6) is 0.885. The summed E-state index contributed by atoms with van der Waals surface area (Å²) in [6.07, 6.45) is 4.94. The van der Waals surface area contributed by atoms with Crippen molar-refractivity contribution in [3.63, 3.8) is 0 Å². The van der Waals surface area contributed by atoms with Crippen molar-refractivity contribution in [1.82, 2.24) is 15.1 Å². The number of esters is 1. The Morgan fingerprint density at radius 3 is 2.78 bits per heavy atom. The molecule has 27 heavy (non-hydrogen) atoms. The van der Waals surface area contributed by atoms with Crippen LogP contribution in [0.1, 0.15) is 41.4 Å². The number of ether oxygens (including phenoxy) is 1. The van der Waals surface area contributed by atoms with Crippen LogP contribution in [0.3, 0.4) is 0 Å². The number of carbonyl (C=O) groups excluding carboxylic acids is 1. The van der Waals surface area contributed by atoms with Crippen LogP contribution in [-0.4, -0.2) is 28.8 Å². The number of aromatic nitrogens is 2. The van der Waals surface area contributed by atoms with E-state index < -0.39 is 0 Å². The SMILES string of the molecule is Cn1cc2cc(C3Cc4ccc(C5CCNCC5)cc4OC3=O)ccc2n1. The molecule has 0 radical (unpaired) electrons. The summed E-state index contributed by atoms with van der Waals surface area (Å²) in [6, 6.07) is 12.5. The van der Waals surface area contributed by atoms with Crippen LogP contribution in [0.15, 0.2) is 42.6 Å². The molecule has 2 aliphatic rings. The van der Waals surface area contributed by atoms with Gasteiger partial charge in [0, 0.05) is 18.6 Å². The van der Waals surface area contributed by atoms with Crippen molar-refractivity contribution < 1.29 is 9.53 Å². The molecule has 3 aromatic rings. The van der Waals surface area contributed by atoms with Gasteiger partial charge in [0.2, 0.25) is 0 Å². The van der Waals surface area contributed by atoms with E-state index >= 15 is 0 Å². The average Bonchev–Trinajstić information content (AvgIpc) is 3.07. The van der Waals surface area contributed by atoms with Gasteiger partial charge in [-0.2, -0.15) is 5.10 Å². The lowest BCUT2D eigenvalue weighted by molar-refractivity contribution is -0.137. The third-order valence-corrected chi connectivity index (χ3v) is 5.87. The van der Waals surface area contributed by atoms with E-state index in [0.29, 0.717) is 12.3 Å². The zero-order valence-corrected chi connectivity index (χ0v) is 15.4. The second-order valence-corrected chi connectivity index (χ2v) is 7.69. The Morgan fingerprint density at radius 1 is 1.11 bits per heavy atom. The van der Waals surface area contributed by atoms with Gasteiger partial charge < -0.3 is 10.1 Å². The molecule has 1 saturated heterocycles. The van der Waals surface area contributed by atoms with Gasteiger partial charge in [-0.15, -0.1) is 0 Å². The van der Waals surface area contributed by atoms with E-state index in [1.807, 2.05) is 25.4 Å². The van der Waals surface area contributed by atoms with Gasteiger partial charge in [0.1, 0.15) is 5.75 Å². The third kappa shape index (κ3) is 3.02. The minimum atomic E-state index is -0.258. The lowest BCUT2D eigenvalue weighted by Gasteiger charge is -2.27. The van der Waals surface area contributed by atoms with E-state index in [2.05, 4.69) is 34.7 Å². The van der Waals surface area contributed by atoms with Crippen LogP contribution in [0, 0.1) is 0 Å². The van der Waals surface area contributed by atoms with Gasteiger partial charge in [-0.3, -0.25) is 9.48 Å². The molecule has 1 aromatic heterocycles. The lowest BCUT2D eigenvalue weighted by atomic mass is 9.86. The Morgan fingerprint density at radius 2 is 1.93 bits per heavy atom. The molecule has 0 bridgehead atoms. The number of aryl methyl sites for hydroxylation is 1. The molecule has 2 aliphatic heterocycles. The van der Waals surface area contributed by atoms with E-state index in [4.69, 9.17) is 4.74 Å². The molecule has 5 heteroatoms. The summed E-state index contributed by atoms with van der Waals surface area (Å²) in [7, 11) is 1.91. The number of carbonyl (C=O) groups is 1. The Labute approximate surface area is 158 Å². The van der Waals surface area contributed by atoms with Gasteiger partial charge in [-0.05, 0) is 73.2 Å². The first-order valence-corrected chi connectivity index (χ1v) is 9.66. The smallest absolute Gasteiger partial charge is 0.319 e. The summed E-state index contributed by atoms with van der Waals surface area (Å²) >= 11 is 0. The third-order valence-electron chi connectivity index (χ3n) is 5.87. The number of piperidine rings is 1. The highest BCUT2D eigenvalue weighted by molar-refractivity contribution is 5.86. The van der Waals surface area contributed by atoms with Crippen LogP contribution in [0.5, 0.6) is 5.75 Å². The highest BCUT2D eigenvalue weighted by Gasteiger charge is 2.31. The molecule has 0 amide bonds. The fraction of sp³-hybridized carbons (Fsp3) is 0.364. The normalized spacial score (nSPS) is 20.5. The van der Waals surface area contributed by atoms with Gasteiger partial charge in [-0.1, -0.05) is 18.2 Å². The summed E-state index contributed by atoms with van der Waals surface area (Å²) in [5.41, 5.74) is 4.34. The highest BCUT2D eigenvalue weighted by Crippen LogP contribution is 2.37. The predicted molar refractivity (Wildman–Crippen MR) is 104 cm³/mol. The minimum absolute atomic E-state index is 0.159. The van der Waals surface area contributed by atoms with Crippen molar-refractivity contribution >= 4 is 16.9 Å². The summed E-state index contributed by atoms with van der Waals surface area (Å²) in [6.45, 7) is 2.11. The molecule has 1 unspecified atom stereocenters. The first-order chi connectivity index (χ1) is 13.2. The number of nitrogens with one attached hydrogen (secondary N) is 1. The maximum absolute atomic E-state index is 12.7. The summed E-state index contributed by atoms with van der Waals surface area (Å²) in [5, 5.41) is 8.86. The monoisotopic (exact) mass is 361 g/mol. The molecule has 138 valence electrons. The molecule has 5 rings (SSSR count). The first-order valence-electron chi connectivity index (χ1n) is 9.66. The molecule has 0 spiro atoms. The van der Waals surface area contributed by atoms with Crippen LogP contribution in [0.2, 0.25) is 0 Å². The highest BCUT2D eigenvalue weighted by atomic mass is 16.5. The van der Waals surface area contributed by atoms with E-state index in [0.717, 1.165) is 53.7 Å². The van der Waals surface area contributed by atoms with E-state index in [9.17, 15) is 4.79 Å². The zero-order chi connectivity index (χ0) is 18.4. The van der Waals surface area contributed by atoms with E-state index in [-0.39, 0.29) is 11.9 Å². The molecule has 2 aromatic carbocycles. The van der Waals surface area contributed by atoms with Crippen LogP contribution < -0.4 is 10.1 Å². The minimum Gasteiger partial charge on any atom is -0.426 e. The quantitative estimate of drug-likeness (QED) is 0.562. The Bertz CT molecular complexity index is 1020. The van der Waals surface area contributed by atoms with Gasteiger partial charge in [0.25, 0.3) is 0 Å². The second-order valence-electron chi connectivity index (χ2n) is 7.69. The summed E-state index contributed by atoms with van der Waals surface area (Å²) in [4.78, 5) is 12.7. The van der Waals surface area contributed by atoms with Crippen molar-refractivity contribution in [1.29, 1.82) is 0 Å². The van der Waals surface area contributed by atoms with Crippen LogP contribution in [0.4, 0.5) is 0 Å². The number of rotatable bonds is 2. The number of fused-ring (bicyclic) bond motifs is 2. The van der Waals surface area contributed by atoms with Crippen molar-refractivity contribution in [2.24, 2.45) is 7.05 Å². The van der Waals surface area contributed by atoms with E-state index in [1.54, 1.807) is 4.68 Å². The topological polar surface area (TPSA) is 56.2 Å². The Kier molecular flexibility index (Phi) is 3.97. The first kappa shape index (κ1) is 16.5. The van der Waals surface area contributed by atoms with Gasteiger partial charge >= 0.3 is 5.97 Å². The van der Waals surface area contributed by atoms with Crippen LogP contribution in [-0.2, 0) is 18.3 Å². The Hall–Kier alpha value is -2.66. The molecule has 5 nitrogen and oxygen atoms in total. The van der Waals surface area contributed by atoms with Crippen molar-refractivity contribution in [3.05, 3.63) is 59.3 Å². The number of hydrogen-bond acceptors (Lipinski definition) is 4. The Balaban J connectivity index is 1.43. The molecular formula is C22H23N3O2. The molecule has 1 fully saturated rings. The van der Waals surface area contributed by atoms with Crippen molar-refractivity contribution in [3.8, 4) is 5.75 Å². The molecule has 1 atom stereocenters. The average molecular weight is 361 g/mol. The lowest BCUT2D eigenvalue weighted by Crippen LogP contribution is -2.28. The second kappa shape index (κ2) is 6.50. The standard InChI is InChI=1S/C22H23N3O2/c1-25-13-18-10-16(4-5-20(18)24-25)19-11-17-3-2-15(12-21(17)27-22(19)26)14-6-8-23-9-7-14/h2-5,10,12-14,19,23H,6-9,11H2,1H3. The number of hydrogen-bond donors (Lipinski definition) is 1. The van der Waals surface area contributed by atoms with Crippen LogP contribution in [0.25, 0.3) is 10.9 Å². The van der Waals surface area contributed by atoms with Gasteiger partial charge in [-0.25, -0.2) is 0 Å². The fourth-order valence-electron chi connectivity index (χ4n) is 4.36. The van der Waals surface area contributed by atoms with E-state index in [1.165, 1.54) is 5.56 Å². The summed E-state index contributed by atoms with van der Waals surface area (Å²) < 4.78 is 7.57. The molecule has 1 N–H and O–H groups in total. The molecule has 0 aliphatic carbocycles. The maximum Gasteiger partial charge on any atom is 0.319 e. The zero-order valence-electron chi connectivity index (χ0n) is 15.4. The molecular weight excluding hydrogens is 338 g/mol. The van der Waals surface area contributed by atoms with Gasteiger partial charge in [0.15, 0.2) is 0 Å². The fourth-order valence-corrected chi connectivity index (χ4v) is 4.36. The largest absolute Gasteiger partial charge is 0.426 e. The predicted octanol–water partition coefficient (Wildman–Crippen LogP) is 3.29. The number of nitrogens with zero attached hydrogens (tertiary/aromatic N) is 2. The molecule has 3 heterocycles. The van der Waals surface area contributed by atoms with Crippen LogP contribution >= 0.6 is 0 Å². The van der Waals surface area contributed by atoms with Gasteiger partial charge in [0.05, 0.1) is 11.4 Å². The molecule has 0 saturated carbocycles. The number of benzene rings is 2. The van der Waals surface area contributed by atoms with Crippen molar-refractivity contribution in [2.75, 3.05) is 13.1 Å². The maximum atomic E-state index is 12.7. The van der Waals surface area contributed by atoms with Crippen molar-refractivity contribution in [2.45, 2.75) is 31.1 Å².